The van der Waals surface area contributed by atoms with Crippen LogP contribution < -0.4 is 5.32 Å². The van der Waals surface area contributed by atoms with Crippen molar-refractivity contribution in [3.8, 4) is 0 Å². The Morgan fingerprint density at radius 1 is 1.00 bits per heavy atom. The number of carbonyl (C=O) groups is 1. The Kier molecular flexibility index (Phi) is 9.18. The number of nitrogens with one attached hydrogen (secondary N) is 1. The second-order valence-electron chi connectivity index (χ2n) is 8.93. The van der Waals surface area contributed by atoms with Crippen molar-refractivity contribution in [1.29, 1.82) is 0 Å². The molecule has 0 saturated carbocycles. The minimum atomic E-state index is -0.0393. The second-order valence-corrected chi connectivity index (χ2v) is 9.74. The van der Waals surface area contributed by atoms with Crippen LogP contribution in [0.3, 0.4) is 0 Å². The van der Waals surface area contributed by atoms with Crippen LogP contribution in [0, 0.1) is 12.8 Å². The monoisotopic (exact) mass is 473 g/mol. The smallest absolute Gasteiger partial charge is 0.244 e. The van der Waals surface area contributed by atoms with E-state index in [-0.39, 0.29) is 11.9 Å². The van der Waals surface area contributed by atoms with Gasteiger partial charge in [-0.05, 0) is 42.2 Å². The van der Waals surface area contributed by atoms with Crippen LogP contribution in [0.25, 0.3) is 6.08 Å². The normalized spacial score (nSPS) is 16.6. The first-order chi connectivity index (χ1) is 15.3. The molecule has 0 spiro atoms. The lowest BCUT2D eigenvalue weighted by atomic mass is 10.0. The molecule has 0 radical (unpaired) electrons. The zero-order valence-electron chi connectivity index (χ0n) is 19.2. The maximum atomic E-state index is 12.5. The molecule has 32 heavy (non-hydrogen) atoms. The highest BCUT2D eigenvalue weighted by molar-refractivity contribution is 6.42. The van der Waals surface area contributed by atoms with Gasteiger partial charge in [0.25, 0.3) is 0 Å². The van der Waals surface area contributed by atoms with Crippen LogP contribution in [0.5, 0.6) is 0 Å². The molecule has 0 aliphatic carbocycles. The Bertz CT molecular complexity index is 919. The number of rotatable bonds is 8. The van der Waals surface area contributed by atoms with E-state index in [2.05, 4.69) is 48.0 Å². The van der Waals surface area contributed by atoms with E-state index in [0.717, 1.165) is 44.8 Å². The van der Waals surface area contributed by atoms with Gasteiger partial charge in [-0.2, -0.15) is 0 Å². The minimum Gasteiger partial charge on any atom is -0.348 e. The topological polar surface area (TPSA) is 35.6 Å². The van der Waals surface area contributed by atoms with Crippen LogP contribution in [-0.4, -0.2) is 54.5 Å². The first-order valence-electron chi connectivity index (χ1n) is 11.2. The molecule has 172 valence electrons. The summed E-state index contributed by atoms with van der Waals surface area (Å²) >= 11 is 12.2. The quantitative estimate of drug-likeness (QED) is 0.530. The van der Waals surface area contributed by atoms with Gasteiger partial charge in [0.05, 0.1) is 10.0 Å². The van der Waals surface area contributed by atoms with Gasteiger partial charge in [0, 0.05) is 51.4 Å². The number of hydrogen-bond acceptors (Lipinski definition) is 3. The predicted octanol–water partition coefficient (Wildman–Crippen LogP) is 5.27. The second kappa shape index (κ2) is 11.9. The molecule has 0 bridgehead atoms. The van der Waals surface area contributed by atoms with Gasteiger partial charge in [0.1, 0.15) is 0 Å². The van der Waals surface area contributed by atoms with Gasteiger partial charge in [0.15, 0.2) is 0 Å². The fourth-order valence-electron chi connectivity index (χ4n) is 3.81. The van der Waals surface area contributed by atoms with E-state index in [1.54, 1.807) is 6.08 Å². The van der Waals surface area contributed by atoms with Crippen molar-refractivity contribution < 1.29 is 4.79 Å². The lowest BCUT2D eigenvalue weighted by Crippen LogP contribution is -2.52. The van der Waals surface area contributed by atoms with Crippen LogP contribution in [0.1, 0.15) is 30.5 Å². The van der Waals surface area contributed by atoms with E-state index < -0.39 is 0 Å². The number of carbonyl (C=O) groups excluding carboxylic acids is 1. The number of nitrogens with zero attached hydrogens (tertiary/aromatic N) is 2. The molecule has 4 nitrogen and oxygen atoms in total. The maximum absolute atomic E-state index is 12.5. The SMILES string of the molecule is Cc1ccc(C=CC(=O)N[C@@H](CN2CCN(Cc3ccc(Cl)c(Cl)c3)CC2)C(C)C)cc1. The fourth-order valence-corrected chi connectivity index (χ4v) is 4.13. The first kappa shape index (κ1) is 24.8. The number of hydrogen-bond donors (Lipinski definition) is 1. The number of amides is 1. The molecule has 1 aliphatic rings. The van der Waals surface area contributed by atoms with Crippen LogP contribution in [-0.2, 0) is 11.3 Å². The molecule has 1 amide bonds. The summed E-state index contributed by atoms with van der Waals surface area (Å²) in [6.45, 7) is 12.1. The maximum Gasteiger partial charge on any atom is 0.244 e. The van der Waals surface area contributed by atoms with Gasteiger partial charge in [-0.15, -0.1) is 0 Å². The van der Waals surface area contributed by atoms with Crippen LogP contribution in [0.4, 0.5) is 0 Å². The highest BCUT2D eigenvalue weighted by Gasteiger charge is 2.23. The van der Waals surface area contributed by atoms with E-state index in [1.165, 1.54) is 11.1 Å². The third-order valence-electron chi connectivity index (χ3n) is 5.95. The van der Waals surface area contributed by atoms with Crippen molar-refractivity contribution in [2.24, 2.45) is 5.92 Å². The van der Waals surface area contributed by atoms with Crippen LogP contribution in [0.15, 0.2) is 48.5 Å². The Hall–Kier alpha value is -1.85. The zero-order valence-corrected chi connectivity index (χ0v) is 20.7. The molecule has 1 saturated heterocycles. The van der Waals surface area contributed by atoms with Crippen LogP contribution in [0.2, 0.25) is 10.0 Å². The van der Waals surface area contributed by atoms with Gasteiger partial charge in [0.2, 0.25) is 5.91 Å². The average molecular weight is 474 g/mol. The van der Waals surface area contributed by atoms with E-state index in [0.29, 0.717) is 16.0 Å². The third-order valence-corrected chi connectivity index (χ3v) is 6.69. The highest BCUT2D eigenvalue weighted by atomic mass is 35.5. The third kappa shape index (κ3) is 7.63. The van der Waals surface area contributed by atoms with Gasteiger partial charge >= 0.3 is 0 Å². The molecule has 1 N–H and O–H groups in total. The molecular weight excluding hydrogens is 441 g/mol. The summed E-state index contributed by atoms with van der Waals surface area (Å²) in [4.78, 5) is 17.4. The number of piperazine rings is 1. The molecule has 1 heterocycles. The molecule has 3 rings (SSSR count). The molecule has 0 aromatic heterocycles. The zero-order chi connectivity index (χ0) is 23.1. The van der Waals surface area contributed by atoms with Gasteiger partial charge in [-0.3, -0.25) is 14.6 Å². The molecule has 1 fully saturated rings. The molecule has 2 aromatic rings. The van der Waals surface area contributed by atoms with Crippen molar-refractivity contribution in [3.05, 3.63) is 75.3 Å². The van der Waals surface area contributed by atoms with Crippen LogP contribution >= 0.6 is 23.2 Å². The highest BCUT2D eigenvalue weighted by Crippen LogP contribution is 2.23. The summed E-state index contributed by atoms with van der Waals surface area (Å²) in [5.41, 5.74) is 3.43. The van der Waals surface area contributed by atoms with Crippen molar-refractivity contribution in [1.82, 2.24) is 15.1 Å². The standard InChI is InChI=1S/C26H33Cl2N3O/c1-19(2)25(29-26(32)11-9-21-6-4-20(3)5-7-21)18-31-14-12-30(13-15-31)17-22-8-10-23(27)24(28)16-22/h4-11,16,19,25H,12-15,17-18H2,1-3H3,(H,29,32)/t25-/m0/s1. The summed E-state index contributed by atoms with van der Waals surface area (Å²) in [6.07, 6.45) is 3.50. The number of benzene rings is 2. The Balaban J connectivity index is 1.47. The lowest BCUT2D eigenvalue weighted by Gasteiger charge is -2.37. The Morgan fingerprint density at radius 3 is 2.28 bits per heavy atom. The summed E-state index contributed by atoms with van der Waals surface area (Å²) in [5, 5.41) is 4.40. The van der Waals surface area contributed by atoms with E-state index in [9.17, 15) is 4.79 Å². The molecule has 6 heteroatoms. The van der Waals surface area contributed by atoms with Crippen molar-refractivity contribution >= 4 is 35.2 Å². The molecule has 0 unspecified atom stereocenters. The predicted molar refractivity (Wildman–Crippen MR) is 135 cm³/mol. The molecule has 1 atom stereocenters. The molecule has 1 aliphatic heterocycles. The first-order valence-corrected chi connectivity index (χ1v) is 12.0. The van der Waals surface area contributed by atoms with Crippen molar-refractivity contribution in [2.45, 2.75) is 33.4 Å². The van der Waals surface area contributed by atoms with E-state index in [4.69, 9.17) is 23.2 Å². The minimum absolute atomic E-state index is 0.0393. The lowest BCUT2D eigenvalue weighted by molar-refractivity contribution is -0.117. The fraction of sp³-hybridized carbons (Fsp3) is 0.423. The Labute approximate surface area is 202 Å². The van der Waals surface area contributed by atoms with Gasteiger partial charge in [-0.25, -0.2) is 0 Å². The number of halogens is 2. The van der Waals surface area contributed by atoms with Gasteiger partial charge < -0.3 is 5.32 Å². The Morgan fingerprint density at radius 2 is 1.66 bits per heavy atom. The summed E-state index contributed by atoms with van der Waals surface area (Å²) in [5.74, 6) is 0.323. The summed E-state index contributed by atoms with van der Waals surface area (Å²) in [6, 6.07) is 14.1. The van der Waals surface area contributed by atoms with Crippen molar-refractivity contribution in [3.63, 3.8) is 0 Å². The average Bonchev–Trinajstić information content (AvgIpc) is 2.76. The summed E-state index contributed by atoms with van der Waals surface area (Å²) < 4.78 is 0. The van der Waals surface area contributed by atoms with Crippen molar-refractivity contribution in [2.75, 3.05) is 32.7 Å². The molecule has 2 aromatic carbocycles. The summed E-state index contributed by atoms with van der Waals surface area (Å²) in [7, 11) is 0. The number of aryl methyl sites for hydroxylation is 1. The largest absolute Gasteiger partial charge is 0.348 e. The molecular formula is C26H33Cl2N3O. The van der Waals surface area contributed by atoms with Gasteiger partial charge in [-0.1, -0.05) is 72.9 Å². The van der Waals surface area contributed by atoms with E-state index in [1.807, 2.05) is 36.4 Å². The van der Waals surface area contributed by atoms with E-state index >= 15 is 0 Å².